The zero-order valence-corrected chi connectivity index (χ0v) is 19.8. The zero-order chi connectivity index (χ0) is 22.9. The van der Waals surface area contributed by atoms with Crippen LogP contribution in [0.4, 0.5) is 11.5 Å². The van der Waals surface area contributed by atoms with E-state index in [1.165, 1.54) is 11.9 Å². The largest absolute Gasteiger partial charge is 0.457 e. The molecule has 5 heterocycles. The van der Waals surface area contributed by atoms with Gasteiger partial charge in [0, 0.05) is 24.5 Å². The lowest BCUT2D eigenvalue weighted by molar-refractivity contribution is 0.478. The fourth-order valence-corrected chi connectivity index (χ4v) is 4.03. The highest BCUT2D eigenvalue weighted by atomic mass is 35.5. The van der Waals surface area contributed by atoms with Gasteiger partial charge in [-0.25, -0.2) is 24.5 Å². The first-order valence-electron chi connectivity index (χ1n) is 11.1. The third kappa shape index (κ3) is 4.64. The summed E-state index contributed by atoms with van der Waals surface area (Å²) in [6, 6.07) is 13.7. The zero-order valence-electron chi connectivity index (χ0n) is 19.0. The van der Waals surface area contributed by atoms with E-state index in [2.05, 4.69) is 36.8 Å². The van der Waals surface area contributed by atoms with Crippen molar-refractivity contribution in [3.05, 3.63) is 78.6 Å². The first-order valence-corrected chi connectivity index (χ1v) is 11.1. The summed E-state index contributed by atoms with van der Waals surface area (Å²) < 4.78 is 7.78. The van der Waals surface area contributed by atoms with Crippen molar-refractivity contribution >= 4 is 46.2 Å². The molecule has 1 aromatic carbocycles. The number of rotatable bonds is 5. The third-order valence-corrected chi connectivity index (χ3v) is 5.79. The van der Waals surface area contributed by atoms with Crippen molar-refractivity contribution in [2.45, 2.75) is 13.3 Å². The van der Waals surface area contributed by atoms with Crippen LogP contribution in [0.15, 0.2) is 67.4 Å². The number of hydrogen-bond donors (Lipinski definition) is 2. The van der Waals surface area contributed by atoms with Crippen molar-refractivity contribution in [2.75, 3.05) is 18.4 Å². The van der Waals surface area contributed by atoms with Gasteiger partial charge in [-0.2, -0.15) is 5.10 Å². The fraction of sp³-hybridized carbons (Fsp3) is 0.160. The van der Waals surface area contributed by atoms with Crippen molar-refractivity contribution in [3.63, 3.8) is 0 Å². The summed E-state index contributed by atoms with van der Waals surface area (Å²) >= 11 is 0. The Labute approximate surface area is 207 Å². The quantitative estimate of drug-likeness (QED) is 0.368. The van der Waals surface area contributed by atoms with E-state index in [0.29, 0.717) is 11.6 Å². The molecule has 0 radical (unpaired) electrons. The number of fused-ring (bicyclic) bond motifs is 2. The van der Waals surface area contributed by atoms with E-state index >= 15 is 0 Å². The van der Waals surface area contributed by atoms with E-state index in [1.54, 1.807) is 10.8 Å². The molecule has 0 spiro atoms. The first-order chi connectivity index (χ1) is 16.7. The molecule has 1 aliphatic rings. The topological polar surface area (TPSA) is 102 Å². The number of ether oxygens (including phenoxy) is 1. The number of anilines is 2. The Morgan fingerprint density at radius 3 is 2.83 bits per heavy atom. The second-order valence-corrected chi connectivity index (χ2v) is 8.10. The molecule has 176 valence electrons. The van der Waals surface area contributed by atoms with Gasteiger partial charge in [0.15, 0.2) is 11.5 Å². The van der Waals surface area contributed by atoms with E-state index in [4.69, 9.17) is 9.72 Å². The Kier molecular flexibility index (Phi) is 6.26. The van der Waals surface area contributed by atoms with Gasteiger partial charge >= 0.3 is 0 Å². The molecule has 9 nitrogen and oxygen atoms in total. The number of benzene rings is 1. The summed E-state index contributed by atoms with van der Waals surface area (Å²) in [4.78, 5) is 18.0. The molecule has 35 heavy (non-hydrogen) atoms. The maximum absolute atomic E-state index is 6.09. The molecule has 0 aliphatic carbocycles. The molecular formula is C25H23ClN8O. The van der Waals surface area contributed by atoms with E-state index < -0.39 is 0 Å². The molecule has 2 N–H and O–H groups in total. The van der Waals surface area contributed by atoms with Crippen molar-refractivity contribution in [1.82, 2.24) is 34.9 Å². The summed E-state index contributed by atoms with van der Waals surface area (Å²) in [7, 11) is 0. The molecule has 0 amide bonds. The van der Waals surface area contributed by atoms with Crippen LogP contribution in [0.25, 0.3) is 22.3 Å². The monoisotopic (exact) mass is 486 g/mol. The number of hydrogen-bond acceptors (Lipinski definition) is 8. The van der Waals surface area contributed by atoms with Crippen molar-refractivity contribution in [2.24, 2.45) is 0 Å². The van der Waals surface area contributed by atoms with Gasteiger partial charge in [-0.3, -0.25) is 0 Å². The van der Waals surface area contributed by atoms with E-state index in [1.807, 2.05) is 55.6 Å². The van der Waals surface area contributed by atoms with Crippen molar-refractivity contribution in [3.8, 4) is 11.5 Å². The number of halogens is 1. The lowest BCUT2D eigenvalue weighted by Crippen LogP contribution is -2.20. The average molecular weight is 487 g/mol. The van der Waals surface area contributed by atoms with Crippen LogP contribution in [0.3, 0.4) is 0 Å². The smallest absolute Gasteiger partial charge is 0.160 e. The second-order valence-electron chi connectivity index (χ2n) is 8.10. The number of aromatic nitrogens is 6. The normalized spacial score (nSPS) is 13.3. The van der Waals surface area contributed by atoms with E-state index in [9.17, 15) is 0 Å². The molecule has 0 saturated carbocycles. The van der Waals surface area contributed by atoms with Crippen LogP contribution in [0, 0.1) is 6.92 Å². The minimum Gasteiger partial charge on any atom is -0.457 e. The predicted octanol–water partition coefficient (Wildman–Crippen LogP) is 4.71. The van der Waals surface area contributed by atoms with Gasteiger partial charge in [0.1, 0.15) is 29.7 Å². The SMILES string of the molecule is Cc1cc(Nc2ncnc3ccc(C4=CCNCC4)nc23)ccc1Oc1ccn2ncnc2c1.Cl. The summed E-state index contributed by atoms with van der Waals surface area (Å²) in [6.45, 7) is 3.84. The highest BCUT2D eigenvalue weighted by Gasteiger charge is 2.12. The summed E-state index contributed by atoms with van der Waals surface area (Å²) in [6.07, 6.45) is 8.05. The number of nitrogens with one attached hydrogen (secondary N) is 2. The first kappa shape index (κ1) is 22.7. The Hall–Kier alpha value is -4.08. The summed E-state index contributed by atoms with van der Waals surface area (Å²) in [5.74, 6) is 2.14. The lowest BCUT2D eigenvalue weighted by atomic mass is 10.1. The average Bonchev–Trinajstić information content (AvgIpc) is 3.34. The van der Waals surface area contributed by atoms with Gasteiger partial charge in [0.25, 0.3) is 0 Å². The molecule has 6 rings (SSSR count). The Morgan fingerprint density at radius 2 is 1.97 bits per heavy atom. The molecule has 0 unspecified atom stereocenters. The van der Waals surface area contributed by atoms with Crippen LogP contribution < -0.4 is 15.4 Å². The molecule has 0 fully saturated rings. The Bertz CT molecular complexity index is 1550. The van der Waals surface area contributed by atoms with E-state index in [-0.39, 0.29) is 12.4 Å². The van der Waals surface area contributed by atoms with Crippen molar-refractivity contribution < 1.29 is 4.74 Å². The molecule has 4 aromatic heterocycles. The van der Waals surface area contributed by atoms with Gasteiger partial charge in [-0.1, -0.05) is 6.08 Å². The summed E-state index contributed by atoms with van der Waals surface area (Å²) in [5.41, 5.74) is 6.38. The van der Waals surface area contributed by atoms with Gasteiger partial charge in [-0.15, -0.1) is 12.4 Å². The number of nitrogens with zero attached hydrogens (tertiary/aromatic N) is 6. The van der Waals surface area contributed by atoms with Crippen LogP contribution in [0.1, 0.15) is 17.7 Å². The highest BCUT2D eigenvalue weighted by Crippen LogP contribution is 2.30. The number of pyridine rings is 2. The number of aryl methyl sites for hydroxylation is 1. The minimum absolute atomic E-state index is 0. The highest BCUT2D eigenvalue weighted by molar-refractivity contribution is 5.88. The van der Waals surface area contributed by atoms with Crippen LogP contribution >= 0.6 is 12.4 Å². The molecule has 0 atom stereocenters. The van der Waals surface area contributed by atoms with Gasteiger partial charge in [-0.05, 0) is 67.4 Å². The maximum Gasteiger partial charge on any atom is 0.160 e. The molecular weight excluding hydrogens is 464 g/mol. The molecule has 1 aliphatic heterocycles. The lowest BCUT2D eigenvalue weighted by Gasteiger charge is -2.15. The Morgan fingerprint density at radius 1 is 1.03 bits per heavy atom. The summed E-state index contributed by atoms with van der Waals surface area (Å²) in [5, 5.41) is 10.9. The van der Waals surface area contributed by atoms with Gasteiger partial charge in [0.2, 0.25) is 0 Å². The fourth-order valence-electron chi connectivity index (χ4n) is 4.03. The maximum atomic E-state index is 6.09. The Balaban J connectivity index is 0.00000253. The van der Waals surface area contributed by atoms with Crippen LogP contribution in [0.2, 0.25) is 0 Å². The second kappa shape index (κ2) is 9.65. The standard InChI is InChI=1S/C25H22N8O.ClH/c1-16-12-18(2-5-22(16)34-19-8-11-33-23(13-19)28-15-30-33)31-25-24-21(27-14-29-25)4-3-20(32-24)17-6-9-26-10-7-17;/h2-6,8,11-15,26H,7,9-10H2,1H3,(H,27,29,31);1H. The van der Waals surface area contributed by atoms with Crippen LogP contribution in [-0.4, -0.2) is 42.6 Å². The van der Waals surface area contributed by atoms with Gasteiger partial charge in [0.05, 0.1) is 11.2 Å². The van der Waals surface area contributed by atoms with Gasteiger partial charge < -0.3 is 15.4 Å². The van der Waals surface area contributed by atoms with Crippen LogP contribution in [0.5, 0.6) is 11.5 Å². The molecule has 0 saturated heterocycles. The minimum atomic E-state index is 0. The molecule has 0 bridgehead atoms. The molecule has 10 heteroatoms. The predicted molar refractivity (Wildman–Crippen MR) is 138 cm³/mol. The van der Waals surface area contributed by atoms with Crippen molar-refractivity contribution in [1.29, 1.82) is 0 Å². The van der Waals surface area contributed by atoms with Crippen LogP contribution in [-0.2, 0) is 0 Å². The third-order valence-electron chi connectivity index (χ3n) is 5.79. The molecule has 5 aromatic rings. The van der Waals surface area contributed by atoms with E-state index in [0.717, 1.165) is 58.9 Å².